The Labute approximate surface area is 446 Å². The molecule has 5 aliphatic rings. The second kappa shape index (κ2) is 15.9. The van der Waals surface area contributed by atoms with Gasteiger partial charge < -0.3 is 14.7 Å². The van der Waals surface area contributed by atoms with Gasteiger partial charge in [-0.1, -0.05) is 154 Å². The van der Waals surface area contributed by atoms with Crippen LogP contribution < -0.4 is 31.1 Å². The standard InChI is InChI=1S/C70H72BN3/c1-43-36-63-65-64(37-43)74(47-27-30-53-54(39-47)67(6,7)33-32-66(53,4)5)62-42-56-55(68(8,9)34-35-69(56,10)11)41-58(62)71(65)57-31-28-48(72(59-24-18-14-20-44(59)2)60-25-19-15-21-45(60)3)40-61(57)73(63)46-26-29-52-50(38-46)49-22-16-17-23-51(49)70(52,12)13/h14-31,36-42H,32-35H2,1-13H3/i1D3. The minimum Gasteiger partial charge on any atom is -0.311 e. The molecule has 0 fully saturated rings. The highest BCUT2D eigenvalue weighted by molar-refractivity contribution is 7.00. The molecular weight excluding hydrogens is 894 g/mol. The minimum absolute atomic E-state index is 0.0337. The third kappa shape index (κ3) is 6.78. The quantitative estimate of drug-likeness (QED) is 0.159. The molecule has 0 spiro atoms. The van der Waals surface area contributed by atoms with Crippen LogP contribution in [0.5, 0.6) is 0 Å². The Balaban J connectivity index is 1.16. The van der Waals surface area contributed by atoms with Gasteiger partial charge in [-0.25, -0.2) is 0 Å². The molecule has 0 bridgehead atoms. The van der Waals surface area contributed by atoms with Crippen LogP contribution in [-0.4, -0.2) is 6.71 Å². The minimum atomic E-state index is -2.40. The largest absolute Gasteiger partial charge is 0.311 e. The van der Waals surface area contributed by atoms with Crippen LogP contribution in [0, 0.1) is 20.7 Å². The molecule has 8 aromatic rings. The van der Waals surface area contributed by atoms with Crippen LogP contribution in [0.3, 0.4) is 0 Å². The number of fused-ring (bicyclic) bond motifs is 9. The molecule has 0 N–H and O–H groups in total. The van der Waals surface area contributed by atoms with Gasteiger partial charge in [-0.15, -0.1) is 0 Å². The molecule has 0 aromatic heterocycles. The van der Waals surface area contributed by atoms with Gasteiger partial charge in [0.2, 0.25) is 0 Å². The van der Waals surface area contributed by atoms with E-state index < -0.39 is 6.85 Å². The maximum atomic E-state index is 9.34. The molecule has 0 saturated carbocycles. The Morgan fingerprint density at radius 2 is 0.932 bits per heavy atom. The van der Waals surface area contributed by atoms with E-state index in [1.807, 2.05) is 12.1 Å². The molecule has 370 valence electrons. The molecule has 8 aromatic carbocycles. The SMILES string of the molecule is [2H]C([2H])([2H])c1cc2c3c(c1)N(c1ccc4c(c1)C(C)(C)CCC4(C)C)c1cc4c(cc1B3c1ccc(N(c3ccccc3C)c3ccccc3C)cc1N2c1ccc2c(c1)-c1ccccc1C2(C)C)C(C)(C)CCC4(C)C. The van der Waals surface area contributed by atoms with E-state index in [4.69, 9.17) is 0 Å². The highest BCUT2D eigenvalue weighted by Crippen LogP contribution is 2.55. The van der Waals surface area contributed by atoms with Crippen molar-refractivity contribution in [3.05, 3.63) is 202 Å². The first kappa shape index (κ1) is 43.6. The van der Waals surface area contributed by atoms with Crippen LogP contribution in [0.2, 0.25) is 0 Å². The van der Waals surface area contributed by atoms with Crippen LogP contribution in [0.25, 0.3) is 11.1 Å². The van der Waals surface area contributed by atoms with Crippen LogP contribution in [0.1, 0.15) is 149 Å². The summed E-state index contributed by atoms with van der Waals surface area (Å²) < 4.78 is 28.0. The highest BCUT2D eigenvalue weighted by Gasteiger charge is 2.48. The monoisotopic (exact) mass is 969 g/mol. The van der Waals surface area contributed by atoms with Crippen molar-refractivity contribution in [1.82, 2.24) is 0 Å². The summed E-state index contributed by atoms with van der Waals surface area (Å²) in [5.74, 6) is 0. The number of anilines is 9. The van der Waals surface area contributed by atoms with Crippen molar-refractivity contribution >= 4 is 74.3 Å². The molecule has 3 nitrogen and oxygen atoms in total. The topological polar surface area (TPSA) is 9.72 Å². The molecule has 74 heavy (non-hydrogen) atoms. The second-order valence-electron chi connectivity index (χ2n) is 25.8. The van der Waals surface area contributed by atoms with E-state index in [0.29, 0.717) is 5.56 Å². The summed E-state index contributed by atoms with van der Waals surface area (Å²) in [5.41, 5.74) is 26.0. The number of rotatable bonds is 5. The lowest BCUT2D eigenvalue weighted by Crippen LogP contribution is -2.62. The fraction of sp³-hybridized carbons (Fsp3) is 0.314. The van der Waals surface area contributed by atoms with E-state index >= 15 is 0 Å². The van der Waals surface area contributed by atoms with Gasteiger partial charge in [-0.05, 0) is 212 Å². The first-order valence-electron chi connectivity index (χ1n) is 28.8. The Hall–Kier alpha value is -6.78. The fourth-order valence-corrected chi connectivity index (χ4v) is 14.3. The molecule has 0 saturated heterocycles. The lowest BCUT2D eigenvalue weighted by molar-refractivity contribution is 0.332. The molecule has 2 heterocycles. The highest BCUT2D eigenvalue weighted by atomic mass is 15.2. The van der Waals surface area contributed by atoms with E-state index in [1.54, 1.807) is 0 Å². The average molecular weight is 969 g/mol. The molecule has 0 atom stereocenters. The number of hydrogen-bond acceptors (Lipinski definition) is 3. The predicted molar refractivity (Wildman–Crippen MR) is 317 cm³/mol. The normalized spacial score (nSPS) is 19.1. The number of benzene rings is 8. The zero-order valence-electron chi connectivity index (χ0n) is 48.7. The van der Waals surface area contributed by atoms with Crippen molar-refractivity contribution in [3.8, 4) is 11.1 Å². The Bertz CT molecular complexity index is 3750. The number of para-hydroxylation sites is 2. The number of hydrogen-bond donors (Lipinski definition) is 0. The zero-order chi connectivity index (χ0) is 54.1. The van der Waals surface area contributed by atoms with Crippen LogP contribution in [0.4, 0.5) is 51.2 Å². The van der Waals surface area contributed by atoms with Crippen molar-refractivity contribution in [2.45, 2.75) is 143 Å². The van der Waals surface area contributed by atoms with E-state index in [2.05, 4.69) is 237 Å². The molecule has 0 amide bonds. The van der Waals surface area contributed by atoms with Gasteiger partial charge in [0.1, 0.15) is 0 Å². The van der Waals surface area contributed by atoms with Crippen molar-refractivity contribution in [3.63, 3.8) is 0 Å². The van der Waals surface area contributed by atoms with Gasteiger partial charge in [0.25, 0.3) is 6.71 Å². The predicted octanol–water partition coefficient (Wildman–Crippen LogP) is 17.2. The molecule has 3 aliphatic carbocycles. The smallest absolute Gasteiger partial charge is 0.252 e. The van der Waals surface area contributed by atoms with Crippen LogP contribution in [-0.2, 0) is 27.1 Å². The zero-order valence-corrected chi connectivity index (χ0v) is 45.7. The summed E-state index contributed by atoms with van der Waals surface area (Å²) in [6.45, 7) is 25.8. The number of aryl methyl sites for hydroxylation is 3. The summed E-state index contributed by atoms with van der Waals surface area (Å²) in [6.07, 6.45) is 4.40. The van der Waals surface area contributed by atoms with Crippen molar-refractivity contribution < 1.29 is 4.11 Å². The van der Waals surface area contributed by atoms with Gasteiger partial charge in [0, 0.05) is 60.7 Å². The fourth-order valence-electron chi connectivity index (χ4n) is 14.3. The Kier molecular flexibility index (Phi) is 9.35. The number of nitrogens with zero attached hydrogens (tertiary/aromatic N) is 3. The van der Waals surface area contributed by atoms with Crippen LogP contribution >= 0.6 is 0 Å². The first-order valence-corrected chi connectivity index (χ1v) is 27.3. The summed E-state index contributed by atoms with van der Waals surface area (Å²) in [5, 5.41) is 0. The van der Waals surface area contributed by atoms with E-state index in [-0.39, 0.29) is 33.8 Å². The third-order valence-corrected chi connectivity index (χ3v) is 18.9. The van der Waals surface area contributed by atoms with Gasteiger partial charge in [-0.2, -0.15) is 0 Å². The lowest BCUT2D eigenvalue weighted by atomic mass is 9.33. The molecule has 13 rings (SSSR count). The first-order chi connectivity index (χ1) is 36.4. The molecule has 0 radical (unpaired) electrons. The lowest BCUT2D eigenvalue weighted by Gasteiger charge is -2.48. The summed E-state index contributed by atoms with van der Waals surface area (Å²) in [7, 11) is 0. The molecule has 2 aliphatic heterocycles. The second-order valence-corrected chi connectivity index (χ2v) is 25.8. The Morgan fingerprint density at radius 3 is 1.54 bits per heavy atom. The van der Waals surface area contributed by atoms with Crippen molar-refractivity contribution in [2.75, 3.05) is 14.7 Å². The summed E-state index contributed by atoms with van der Waals surface area (Å²) in [6, 6.07) is 56.7. The van der Waals surface area contributed by atoms with E-state index in [9.17, 15) is 4.11 Å². The van der Waals surface area contributed by atoms with Crippen molar-refractivity contribution in [2.24, 2.45) is 0 Å². The van der Waals surface area contributed by atoms with E-state index in [0.717, 1.165) is 82.3 Å². The summed E-state index contributed by atoms with van der Waals surface area (Å²) >= 11 is 0. The van der Waals surface area contributed by atoms with Gasteiger partial charge >= 0.3 is 0 Å². The van der Waals surface area contributed by atoms with E-state index in [1.165, 1.54) is 66.6 Å². The average Bonchev–Trinajstić information content (AvgIpc) is 3.77. The Morgan fingerprint density at radius 1 is 0.432 bits per heavy atom. The molecule has 4 heteroatoms. The molecule has 0 unspecified atom stereocenters. The van der Waals surface area contributed by atoms with Gasteiger partial charge in [-0.3, -0.25) is 0 Å². The maximum Gasteiger partial charge on any atom is 0.252 e. The van der Waals surface area contributed by atoms with Crippen LogP contribution in [0.15, 0.2) is 152 Å². The summed E-state index contributed by atoms with van der Waals surface area (Å²) in [4.78, 5) is 7.33. The maximum absolute atomic E-state index is 9.34. The van der Waals surface area contributed by atoms with Crippen molar-refractivity contribution in [1.29, 1.82) is 0 Å². The molecular formula is C70H72BN3. The van der Waals surface area contributed by atoms with Gasteiger partial charge in [0.05, 0.1) is 0 Å². The van der Waals surface area contributed by atoms with Gasteiger partial charge in [0.15, 0.2) is 0 Å². The third-order valence-electron chi connectivity index (χ3n) is 18.9.